The van der Waals surface area contributed by atoms with Gasteiger partial charge in [0.1, 0.15) is 5.75 Å². The lowest BCUT2D eigenvalue weighted by Crippen LogP contribution is -2.14. The Morgan fingerprint density at radius 3 is 2.43 bits per heavy atom. The minimum absolute atomic E-state index is 0.0502. The van der Waals surface area contributed by atoms with E-state index >= 15 is 0 Å². The lowest BCUT2D eigenvalue weighted by molar-refractivity contribution is -0.142. The van der Waals surface area contributed by atoms with Gasteiger partial charge >= 0.3 is 5.97 Å². The minimum Gasteiger partial charge on any atom is -0.482 e. The molecule has 1 saturated carbocycles. The lowest BCUT2D eigenvalue weighted by Gasteiger charge is -2.16. The van der Waals surface area contributed by atoms with E-state index in [9.17, 15) is 4.79 Å². The number of rotatable bonds is 6. The van der Waals surface area contributed by atoms with Crippen LogP contribution in [-0.4, -0.2) is 26.2 Å². The summed E-state index contributed by atoms with van der Waals surface area (Å²) < 4.78 is 9.86. The van der Waals surface area contributed by atoms with Gasteiger partial charge in [0.25, 0.3) is 0 Å². The van der Waals surface area contributed by atoms with Crippen molar-refractivity contribution in [1.29, 1.82) is 0 Å². The third-order valence-corrected chi connectivity index (χ3v) is 4.01. The molecule has 1 aromatic rings. The number of carbonyl (C=O) groups is 1. The molecule has 1 fully saturated rings. The van der Waals surface area contributed by atoms with Crippen molar-refractivity contribution >= 4 is 11.7 Å². The monoisotopic (exact) mass is 291 g/mol. The van der Waals surface area contributed by atoms with Gasteiger partial charge in [0.2, 0.25) is 0 Å². The van der Waals surface area contributed by atoms with Gasteiger partial charge in [-0.3, -0.25) is 0 Å². The van der Waals surface area contributed by atoms with Crippen molar-refractivity contribution in [2.75, 3.05) is 25.6 Å². The van der Waals surface area contributed by atoms with Gasteiger partial charge in [0, 0.05) is 12.2 Å². The summed E-state index contributed by atoms with van der Waals surface area (Å²) in [6.45, 7) is 0.994. The van der Waals surface area contributed by atoms with Gasteiger partial charge in [0.15, 0.2) is 6.61 Å². The lowest BCUT2D eigenvalue weighted by atomic mass is 10.0. The Morgan fingerprint density at radius 2 is 1.81 bits per heavy atom. The van der Waals surface area contributed by atoms with Crippen LogP contribution in [0.5, 0.6) is 5.75 Å². The second-order valence-corrected chi connectivity index (χ2v) is 5.63. The molecule has 0 spiro atoms. The maximum absolute atomic E-state index is 11.0. The SMILES string of the molecule is COC(=O)COc1ccc(NCC2CCCCCC2)cc1. The fourth-order valence-corrected chi connectivity index (χ4v) is 2.70. The van der Waals surface area contributed by atoms with E-state index in [4.69, 9.17) is 4.74 Å². The Kier molecular flexibility index (Phi) is 6.38. The first-order valence-corrected chi connectivity index (χ1v) is 7.81. The van der Waals surface area contributed by atoms with E-state index in [1.807, 2.05) is 24.3 Å². The Labute approximate surface area is 126 Å². The molecule has 4 nitrogen and oxygen atoms in total. The molecule has 0 radical (unpaired) electrons. The highest BCUT2D eigenvalue weighted by Gasteiger charge is 2.11. The number of ether oxygens (including phenoxy) is 2. The second kappa shape index (κ2) is 8.55. The summed E-state index contributed by atoms with van der Waals surface area (Å²) in [5.74, 6) is 1.11. The average molecular weight is 291 g/mol. The fraction of sp³-hybridized carbons (Fsp3) is 0.588. The van der Waals surface area contributed by atoms with E-state index in [2.05, 4.69) is 10.1 Å². The van der Waals surface area contributed by atoms with E-state index in [0.29, 0.717) is 5.75 Å². The zero-order valence-electron chi connectivity index (χ0n) is 12.8. The molecule has 2 rings (SSSR count). The quantitative estimate of drug-likeness (QED) is 0.642. The fourth-order valence-electron chi connectivity index (χ4n) is 2.70. The number of hydrogen-bond acceptors (Lipinski definition) is 4. The van der Waals surface area contributed by atoms with Crippen LogP contribution < -0.4 is 10.1 Å². The summed E-state index contributed by atoms with van der Waals surface area (Å²) >= 11 is 0. The standard InChI is InChI=1S/C17H25NO3/c1-20-17(19)13-21-16-10-8-15(9-11-16)18-12-14-6-4-2-3-5-7-14/h8-11,14,18H,2-7,12-13H2,1H3. The molecule has 0 bridgehead atoms. The summed E-state index contributed by atoms with van der Waals surface area (Å²) in [6, 6.07) is 7.73. The number of hydrogen-bond donors (Lipinski definition) is 1. The number of carbonyl (C=O) groups excluding carboxylic acids is 1. The molecule has 0 saturated heterocycles. The summed E-state index contributed by atoms with van der Waals surface area (Å²) in [5, 5.41) is 3.50. The first-order chi connectivity index (χ1) is 10.3. The molecule has 4 heteroatoms. The molecule has 0 heterocycles. The van der Waals surface area contributed by atoms with Crippen molar-refractivity contribution < 1.29 is 14.3 Å². The average Bonchev–Trinajstić information content (AvgIpc) is 2.80. The van der Waals surface area contributed by atoms with Crippen molar-refractivity contribution in [3.8, 4) is 5.75 Å². The third-order valence-electron chi connectivity index (χ3n) is 4.01. The highest BCUT2D eigenvalue weighted by molar-refractivity contribution is 5.70. The first kappa shape index (κ1) is 15.7. The molecule has 116 valence electrons. The normalized spacial score (nSPS) is 16.0. The van der Waals surface area contributed by atoms with Crippen LogP contribution in [0.1, 0.15) is 38.5 Å². The molecule has 0 unspecified atom stereocenters. The predicted molar refractivity (Wildman–Crippen MR) is 83.6 cm³/mol. The van der Waals surface area contributed by atoms with Crippen LogP contribution in [0.3, 0.4) is 0 Å². The van der Waals surface area contributed by atoms with Gasteiger partial charge in [0.05, 0.1) is 7.11 Å². The van der Waals surface area contributed by atoms with Crippen molar-refractivity contribution in [2.45, 2.75) is 38.5 Å². The molecule has 1 aliphatic rings. The molecular formula is C17H25NO3. The summed E-state index contributed by atoms with van der Waals surface area (Å²) in [6.07, 6.45) is 8.20. The Morgan fingerprint density at radius 1 is 1.14 bits per heavy atom. The summed E-state index contributed by atoms with van der Waals surface area (Å²) in [7, 11) is 1.35. The van der Waals surface area contributed by atoms with Gasteiger partial charge in [-0.1, -0.05) is 25.7 Å². The highest BCUT2D eigenvalue weighted by atomic mass is 16.6. The van der Waals surface area contributed by atoms with E-state index in [1.165, 1.54) is 45.6 Å². The number of methoxy groups -OCH3 is 1. The molecule has 0 atom stereocenters. The largest absolute Gasteiger partial charge is 0.482 e. The van der Waals surface area contributed by atoms with Crippen molar-refractivity contribution in [2.24, 2.45) is 5.92 Å². The second-order valence-electron chi connectivity index (χ2n) is 5.63. The van der Waals surface area contributed by atoms with E-state index < -0.39 is 0 Å². The smallest absolute Gasteiger partial charge is 0.343 e. The maximum atomic E-state index is 11.0. The Bertz CT molecular complexity index is 422. The zero-order chi connectivity index (χ0) is 14.9. The zero-order valence-corrected chi connectivity index (χ0v) is 12.8. The van der Waals surface area contributed by atoms with Crippen LogP contribution in [0.15, 0.2) is 24.3 Å². The Hall–Kier alpha value is -1.71. The predicted octanol–water partition coefficient (Wildman–Crippen LogP) is 3.62. The van der Waals surface area contributed by atoms with E-state index in [1.54, 1.807) is 0 Å². The van der Waals surface area contributed by atoms with Gasteiger partial charge in [-0.15, -0.1) is 0 Å². The number of benzene rings is 1. The number of nitrogens with one attached hydrogen (secondary N) is 1. The third kappa shape index (κ3) is 5.66. The molecule has 0 aliphatic heterocycles. The molecule has 21 heavy (non-hydrogen) atoms. The van der Waals surface area contributed by atoms with Crippen molar-refractivity contribution in [3.63, 3.8) is 0 Å². The molecule has 1 aliphatic carbocycles. The number of anilines is 1. The van der Waals surface area contributed by atoms with E-state index in [0.717, 1.165) is 18.2 Å². The maximum Gasteiger partial charge on any atom is 0.343 e. The Balaban J connectivity index is 1.75. The van der Waals surface area contributed by atoms with Crippen LogP contribution >= 0.6 is 0 Å². The van der Waals surface area contributed by atoms with Gasteiger partial charge < -0.3 is 14.8 Å². The van der Waals surface area contributed by atoms with Crippen LogP contribution in [0.4, 0.5) is 5.69 Å². The van der Waals surface area contributed by atoms with Crippen LogP contribution in [-0.2, 0) is 9.53 Å². The van der Waals surface area contributed by atoms with E-state index in [-0.39, 0.29) is 12.6 Å². The van der Waals surface area contributed by atoms with Crippen molar-refractivity contribution in [3.05, 3.63) is 24.3 Å². The summed E-state index contributed by atoms with van der Waals surface area (Å²) in [5.41, 5.74) is 1.10. The van der Waals surface area contributed by atoms with Crippen LogP contribution in [0, 0.1) is 5.92 Å². The van der Waals surface area contributed by atoms with Crippen molar-refractivity contribution in [1.82, 2.24) is 0 Å². The highest BCUT2D eigenvalue weighted by Crippen LogP contribution is 2.23. The molecule has 0 amide bonds. The van der Waals surface area contributed by atoms with Gasteiger partial charge in [-0.2, -0.15) is 0 Å². The van der Waals surface area contributed by atoms with Crippen LogP contribution in [0.2, 0.25) is 0 Å². The van der Waals surface area contributed by atoms with Crippen LogP contribution in [0.25, 0.3) is 0 Å². The van der Waals surface area contributed by atoms with Gasteiger partial charge in [-0.05, 0) is 43.0 Å². The number of esters is 1. The first-order valence-electron chi connectivity index (χ1n) is 7.81. The molecular weight excluding hydrogens is 266 g/mol. The summed E-state index contributed by atoms with van der Waals surface area (Å²) in [4.78, 5) is 11.0. The topological polar surface area (TPSA) is 47.6 Å². The molecule has 1 aromatic carbocycles. The molecule has 1 N–H and O–H groups in total. The van der Waals surface area contributed by atoms with Gasteiger partial charge in [-0.25, -0.2) is 4.79 Å². The molecule has 0 aromatic heterocycles. The minimum atomic E-state index is -0.370.